The Balaban J connectivity index is 1.90. The van der Waals surface area contributed by atoms with Gasteiger partial charge >= 0.3 is 0 Å². The van der Waals surface area contributed by atoms with Gasteiger partial charge in [-0.1, -0.05) is 44.2 Å². The second-order valence-corrected chi connectivity index (χ2v) is 6.08. The Labute approximate surface area is 121 Å². The molecule has 2 atom stereocenters. The minimum atomic E-state index is 0.149. The van der Waals surface area contributed by atoms with Gasteiger partial charge in [0, 0.05) is 11.7 Å². The van der Waals surface area contributed by atoms with Gasteiger partial charge in [0.1, 0.15) is 5.75 Å². The molecule has 19 heavy (non-hydrogen) atoms. The molecule has 2 nitrogen and oxygen atoms in total. The van der Waals surface area contributed by atoms with Gasteiger partial charge in [-0.3, -0.25) is 0 Å². The quantitative estimate of drug-likeness (QED) is 0.587. The lowest BCUT2D eigenvalue weighted by atomic mass is 9.95. The van der Waals surface area contributed by atoms with Crippen LogP contribution in [0.3, 0.4) is 0 Å². The number of phenols is 1. The van der Waals surface area contributed by atoms with Crippen LogP contribution in [0.2, 0.25) is 5.02 Å². The van der Waals surface area contributed by atoms with Gasteiger partial charge in [-0.05, 0) is 43.4 Å². The standard InChI is InChI=1S/C16H24ClNO/c1-2-4-12-5-3-6-13(8-7-12)18-14-9-10-16(19)15(17)11-14/h9-13,18-19H,2-8H2,1H3. The fraction of sp³-hybridized carbons (Fsp3) is 0.625. The van der Waals surface area contributed by atoms with E-state index in [0.717, 1.165) is 11.6 Å². The highest BCUT2D eigenvalue weighted by Crippen LogP contribution is 2.30. The summed E-state index contributed by atoms with van der Waals surface area (Å²) in [5.74, 6) is 1.07. The molecule has 106 valence electrons. The molecule has 0 spiro atoms. The molecule has 2 unspecified atom stereocenters. The Kier molecular flexibility index (Phi) is 5.38. The third-order valence-electron chi connectivity index (χ3n) is 4.10. The number of rotatable bonds is 4. The van der Waals surface area contributed by atoms with E-state index in [1.165, 1.54) is 44.9 Å². The molecule has 1 aliphatic carbocycles. The van der Waals surface area contributed by atoms with Crippen LogP contribution < -0.4 is 5.32 Å². The first-order valence-electron chi connectivity index (χ1n) is 7.44. The smallest absolute Gasteiger partial charge is 0.134 e. The predicted octanol–water partition coefficient (Wildman–Crippen LogP) is 5.21. The van der Waals surface area contributed by atoms with Crippen molar-refractivity contribution in [2.45, 2.75) is 57.9 Å². The van der Waals surface area contributed by atoms with E-state index in [0.29, 0.717) is 11.1 Å². The number of hydrogen-bond donors (Lipinski definition) is 2. The van der Waals surface area contributed by atoms with Crippen molar-refractivity contribution in [3.05, 3.63) is 23.2 Å². The van der Waals surface area contributed by atoms with Gasteiger partial charge in [-0.15, -0.1) is 0 Å². The topological polar surface area (TPSA) is 32.3 Å². The van der Waals surface area contributed by atoms with E-state index in [-0.39, 0.29) is 5.75 Å². The Bertz CT molecular complexity index is 408. The van der Waals surface area contributed by atoms with Crippen LogP contribution in [0.1, 0.15) is 51.9 Å². The van der Waals surface area contributed by atoms with Crippen LogP contribution in [0.15, 0.2) is 18.2 Å². The van der Waals surface area contributed by atoms with Crippen LogP contribution in [-0.4, -0.2) is 11.1 Å². The summed E-state index contributed by atoms with van der Waals surface area (Å²) >= 11 is 5.94. The highest BCUT2D eigenvalue weighted by atomic mass is 35.5. The molecule has 0 radical (unpaired) electrons. The van der Waals surface area contributed by atoms with Crippen LogP contribution in [0.25, 0.3) is 0 Å². The summed E-state index contributed by atoms with van der Waals surface area (Å²) in [6.45, 7) is 2.28. The van der Waals surface area contributed by atoms with Crippen LogP contribution in [0, 0.1) is 5.92 Å². The average Bonchev–Trinajstić information content (AvgIpc) is 2.60. The zero-order valence-electron chi connectivity index (χ0n) is 11.7. The number of aromatic hydroxyl groups is 1. The lowest BCUT2D eigenvalue weighted by Crippen LogP contribution is -2.18. The molecule has 2 N–H and O–H groups in total. The van der Waals surface area contributed by atoms with Crippen molar-refractivity contribution >= 4 is 17.3 Å². The molecule has 0 heterocycles. The molecule has 1 aliphatic rings. The molecule has 1 aromatic rings. The SMILES string of the molecule is CCCC1CCCC(Nc2ccc(O)c(Cl)c2)CC1. The summed E-state index contributed by atoms with van der Waals surface area (Å²) in [5, 5.41) is 13.4. The molecule has 1 fully saturated rings. The summed E-state index contributed by atoms with van der Waals surface area (Å²) in [7, 11) is 0. The minimum absolute atomic E-state index is 0.149. The molecular weight excluding hydrogens is 258 g/mol. The van der Waals surface area contributed by atoms with Crippen LogP contribution in [0.5, 0.6) is 5.75 Å². The molecule has 0 aromatic heterocycles. The van der Waals surface area contributed by atoms with Gasteiger partial charge in [-0.2, -0.15) is 0 Å². The molecule has 0 saturated heterocycles. The summed E-state index contributed by atoms with van der Waals surface area (Å²) in [4.78, 5) is 0. The van der Waals surface area contributed by atoms with Crippen LogP contribution in [0.4, 0.5) is 5.69 Å². The van der Waals surface area contributed by atoms with E-state index in [4.69, 9.17) is 11.6 Å². The third-order valence-corrected chi connectivity index (χ3v) is 4.41. The number of phenolic OH excluding ortho intramolecular Hbond substituents is 1. The van der Waals surface area contributed by atoms with E-state index >= 15 is 0 Å². The van der Waals surface area contributed by atoms with Gasteiger partial charge in [0.2, 0.25) is 0 Å². The molecule has 0 bridgehead atoms. The summed E-state index contributed by atoms with van der Waals surface area (Å²) in [5.41, 5.74) is 1.02. The monoisotopic (exact) mass is 281 g/mol. The minimum Gasteiger partial charge on any atom is -0.506 e. The van der Waals surface area contributed by atoms with Gasteiger partial charge < -0.3 is 10.4 Å². The van der Waals surface area contributed by atoms with Gasteiger partial charge in [-0.25, -0.2) is 0 Å². The first kappa shape index (κ1) is 14.5. The van der Waals surface area contributed by atoms with Crippen molar-refractivity contribution in [2.24, 2.45) is 5.92 Å². The van der Waals surface area contributed by atoms with Crippen molar-refractivity contribution in [1.29, 1.82) is 0 Å². The molecule has 3 heteroatoms. The molecule has 2 rings (SSSR count). The highest BCUT2D eigenvalue weighted by Gasteiger charge is 2.18. The van der Waals surface area contributed by atoms with E-state index in [1.54, 1.807) is 6.07 Å². The second kappa shape index (κ2) is 7.04. The highest BCUT2D eigenvalue weighted by molar-refractivity contribution is 6.32. The van der Waals surface area contributed by atoms with E-state index in [2.05, 4.69) is 12.2 Å². The van der Waals surface area contributed by atoms with E-state index in [1.807, 2.05) is 12.1 Å². The summed E-state index contributed by atoms with van der Waals surface area (Å²) in [6, 6.07) is 5.91. The molecule has 1 aromatic carbocycles. The zero-order valence-corrected chi connectivity index (χ0v) is 12.4. The fourth-order valence-corrected chi connectivity index (χ4v) is 3.23. The number of anilines is 1. The van der Waals surface area contributed by atoms with Crippen molar-refractivity contribution < 1.29 is 5.11 Å². The Morgan fingerprint density at radius 3 is 2.84 bits per heavy atom. The first-order valence-corrected chi connectivity index (χ1v) is 7.82. The largest absolute Gasteiger partial charge is 0.506 e. The van der Waals surface area contributed by atoms with Crippen LogP contribution in [-0.2, 0) is 0 Å². The first-order chi connectivity index (χ1) is 9.19. The normalized spacial score (nSPS) is 23.9. The Morgan fingerprint density at radius 1 is 1.26 bits per heavy atom. The Hall–Kier alpha value is -0.890. The maximum absolute atomic E-state index is 9.43. The summed E-state index contributed by atoms with van der Waals surface area (Å²) < 4.78 is 0. The molecular formula is C16H24ClNO. The number of halogens is 1. The average molecular weight is 282 g/mol. The Morgan fingerprint density at radius 2 is 2.11 bits per heavy atom. The van der Waals surface area contributed by atoms with E-state index in [9.17, 15) is 5.11 Å². The van der Waals surface area contributed by atoms with Crippen LogP contribution >= 0.6 is 11.6 Å². The second-order valence-electron chi connectivity index (χ2n) is 5.67. The van der Waals surface area contributed by atoms with Gasteiger partial charge in [0.15, 0.2) is 0 Å². The third kappa shape index (κ3) is 4.31. The van der Waals surface area contributed by atoms with Crippen molar-refractivity contribution in [3.63, 3.8) is 0 Å². The van der Waals surface area contributed by atoms with E-state index < -0.39 is 0 Å². The fourth-order valence-electron chi connectivity index (χ4n) is 3.05. The molecule has 1 saturated carbocycles. The summed E-state index contributed by atoms with van der Waals surface area (Å²) in [6.07, 6.45) is 9.17. The zero-order chi connectivity index (χ0) is 13.7. The lowest BCUT2D eigenvalue weighted by molar-refractivity contribution is 0.422. The van der Waals surface area contributed by atoms with Crippen molar-refractivity contribution in [1.82, 2.24) is 0 Å². The molecule has 0 aliphatic heterocycles. The number of benzene rings is 1. The van der Waals surface area contributed by atoms with Crippen molar-refractivity contribution in [3.8, 4) is 5.75 Å². The number of nitrogens with one attached hydrogen (secondary N) is 1. The maximum Gasteiger partial charge on any atom is 0.134 e. The van der Waals surface area contributed by atoms with Gasteiger partial charge in [0.25, 0.3) is 0 Å². The van der Waals surface area contributed by atoms with Crippen molar-refractivity contribution in [2.75, 3.05) is 5.32 Å². The molecule has 0 amide bonds. The lowest BCUT2D eigenvalue weighted by Gasteiger charge is -2.18. The predicted molar refractivity (Wildman–Crippen MR) is 82.0 cm³/mol. The maximum atomic E-state index is 9.43. The van der Waals surface area contributed by atoms with Gasteiger partial charge in [0.05, 0.1) is 5.02 Å². The number of hydrogen-bond acceptors (Lipinski definition) is 2.